The molecular weight excluding hydrogens is 432 g/mol. The number of aliphatic imine (C=N–C) groups is 1. The first-order chi connectivity index (χ1) is 16.5. The number of hydrogen-bond donors (Lipinski definition) is 0. The maximum absolute atomic E-state index is 12.6. The molecule has 176 valence electrons. The third-order valence-electron chi connectivity index (χ3n) is 5.88. The maximum Gasteiger partial charge on any atom is 0.325 e. The van der Waals surface area contributed by atoms with Gasteiger partial charge in [0, 0.05) is 11.6 Å². The number of rotatable bonds is 7. The van der Waals surface area contributed by atoms with Crippen LogP contribution in [0.1, 0.15) is 28.3 Å². The van der Waals surface area contributed by atoms with Gasteiger partial charge in [0.15, 0.2) is 11.5 Å². The first kappa shape index (κ1) is 23.2. The van der Waals surface area contributed by atoms with Crippen LogP contribution >= 0.6 is 0 Å². The SMILES string of the molecule is COC(=O)CN1C(c2cc(OC)c(OC)cc2OC)=Nc2cc(C)ccc2[C@H]1c1ccccc1. The predicted octanol–water partition coefficient (Wildman–Crippen LogP) is 4.68. The lowest BCUT2D eigenvalue weighted by Gasteiger charge is -2.38. The van der Waals surface area contributed by atoms with E-state index >= 15 is 0 Å². The zero-order chi connectivity index (χ0) is 24.2. The van der Waals surface area contributed by atoms with E-state index in [4.69, 9.17) is 23.9 Å². The van der Waals surface area contributed by atoms with Gasteiger partial charge in [-0.3, -0.25) is 4.79 Å². The molecule has 0 amide bonds. The summed E-state index contributed by atoms with van der Waals surface area (Å²) in [5.41, 5.74) is 4.64. The fourth-order valence-corrected chi connectivity index (χ4v) is 4.23. The van der Waals surface area contributed by atoms with Crippen LogP contribution < -0.4 is 14.2 Å². The van der Waals surface area contributed by atoms with Gasteiger partial charge in [0.1, 0.15) is 18.1 Å². The molecule has 1 aliphatic rings. The molecule has 0 aliphatic carbocycles. The molecule has 34 heavy (non-hydrogen) atoms. The second kappa shape index (κ2) is 9.87. The summed E-state index contributed by atoms with van der Waals surface area (Å²) in [6.07, 6.45) is 0. The molecule has 3 aromatic rings. The molecule has 1 aliphatic heterocycles. The van der Waals surface area contributed by atoms with Crippen molar-refractivity contribution in [1.82, 2.24) is 4.90 Å². The topological polar surface area (TPSA) is 69.6 Å². The Hall–Kier alpha value is -4.00. The summed E-state index contributed by atoms with van der Waals surface area (Å²) in [6, 6.07) is 19.5. The molecule has 0 N–H and O–H groups in total. The number of fused-ring (bicyclic) bond motifs is 1. The predicted molar refractivity (Wildman–Crippen MR) is 130 cm³/mol. The van der Waals surface area contributed by atoms with E-state index < -0.39 is 0 Å². The number of benzene rings is 3. The van der Waals surface area contributed by atoms with Crippen molar-refractivity contribution in [2.75, 3.05) is 35.0 Å². The number of amidine groups is 1. The molecule has 0 saturated carbocycles. The van der Waals surface area contributed by atoms with Crippen molar-refractivity contribution in [3.63, 3.8) is 0 Å². The summed E-state index contributed by atoms with van der Waals surface area (Å²) in [4.78, 5) is 19.5. The summed E-state index contributed by atoms with van der Waals surface area (Å²) in [7, 11) is 6.12. The van der Waals surface area contributed by atoms with E-state index in [1.54, 1.807) is 27.4 Å². The molecule has 0 saturated heterocycles. The molecule has 7 heteroatoms. The summed E-state index contributed by atoms with van der Waals surface area (Å²) >= 11 is 0. The number of aryl methyl sites for hydroxylation is 1. The Morgan fingerprint density at radius 2 is 1.56 bits per heavy atom. The van der Waals surface area contributed by atoms with Gasteiger partial charge in [-0.1, -0.05) is 42.5 Å². The highest BCUT2D eigenvalue weighted by atomic mass is 16.5. The van der Waals surface area contributed by atoms with Gasteiger partial charge in [-0.05, 0) is 30.2 Å². The van der Waals surface area contributed by atoms with Gasteiger partial charge >= 0.3 is 5.97 Å². The molecule has 3 aromatic carbocycles. The second-order valence-electron chi connectivity index (χ2n) is 7.92. The number of carbonyl (C=O) groups excluding carboxylic acids is 1. The van der Waals surface area contributed by atoms with Crippen molar-refractivity contribution >= 4 is 17.5 Å². The van der Waals surface area contributed by atoms with Crippen molar-refractivity contribution in [1.29, 1.82) is 0 Å². The van der Waals surface area contributed by atoms with Crippen LogP contribution in [0.25, 0.3) is 0 Å². The molecule has 0 spiro atoms. The van der Waals surface area contributed by atoms with E-state index in [9.17, 15) is 4.79 Å². The third-order valence-corrected chi connectivity index (χ3v) is 5.88. The van der Waals surface area contributed by atoms with Crippen LogP contribution in [0.4, 0.5) is 5.69 Å². The van der Waals surface area contributed by atoms with Gasteiger partial charge in [-0.25, -0.2) is 4.99 Å². The zero-order valence-corrected chi connectivity index (χ0v) is 20.0. The minimum Gasteiger partial charge on any atom is -0.496 e. The average Bonchev–Trinajstić information content (AvgIpc) is 2.87. The summed E-state index contributed by atoms with van der Waals surface area (Å²) in [6.45, 7) is 2.03. The molecular formula is C27H28N2O5. The average molecular weight is 461 g/mol. The summed E-state index contributed by atoms with van der Waals surface area (Å²) in [5.74, 6) is 1.83. The fraction of sp³-hybridized carbons (Fsp3) is 0.259. The molecule has 0 unspecified atom stereocenters. The molecule has 1 heterocycles. The normalized spacial score (nSPS) is 14.7. The van der Waals surface area contributed by atoms with Crippen LogP contribution in [-0.2, 0) is 9.53 Å². The summed E-state index contributed by atoms with van der Waals surface area (Å²) < 4.78 is 21.8. The number of carbonyl (C=O) groups is 1. The number of hydrogen-bond acceptors (Lipinski definition) is 7. The van der Waals surface area contributed by atoms with Crippen molar-refractivity contribution < 1.29 is 23.7 Å². The van der Waals surface area contributed by atoms with E-state index in [0.717, 1.165) is 22.4 Å². The molecule has 1 atom stereocenters. The van der Waals surface area contributed by atoms with Crippen molar-refractivity contribution in [3.05, 3.63) is 82.9 Å². The Morgan fingerprint density at radius 3 is 2.21 bits per heavy atom. The minimum atomic E-state index is -0.372. The molecule has 4 rings (SSSR count). The lowest BCUT2D eigenvalue weighted by Crippen LogP contribution is -2.42. The minimum absolute atomic E-state index is 0.000288. The number of methoxy groups -OCH3 is 4. The van der Waals surface area contributed by atoms with Gasteiger partial charge in [0.25, 0.3) is 0 Å². The molecule has 0 radical (unpaired) electrons. The Bertz CT molecular complexity index is 1220. The van der Waals surface area contributed by atoms with Crippen molar-refractivity contribution in [2.24, 2.45) is 4.99 Å². The van der Waals surface area contributed by atoms with Crippen LogP contribution in [0.5, 0.6) is 17.2 Å². The highest BCUT2D eigenvalue weighted by molar-refractivity contribution is 6.06. The number of esters is 1. The van der Waals surface area contributed by atoms with Crippen LogP contribution in [0.15, 0.2) is 65.7 Å². The van der Waals surface area contributed by atoms with E-state index in [1.807, 2.05) is 54.3 Å². The third kappa shape index (κ3) is 4.29. The van der Waals surface area contributed by atoms with Gasteiger partial charge in [-0.2, -0.15) is 0 Å². The molecule has 0 fully saturated rings. The van der Waals surface area contributed by atoms with Crippen molar-refractivity contribution in [2.45, 2.75) is 13.0 Å². The quantitative estimate of drug-likeness (QED) is 0.477. The molecule has 0 aromatic heterocycles. The number of ether oxygens (including phenoxy) is 4. The lowest BCUT2D eigenvalue weighted by molar-refractivity contribution is -0.141. The monoisotopic (exact) mass is 460 g/mol. The first-order valence-corrected chi connectivity index (χ1v) is 10.9. The number of nitrogens with zero attached hydrogens (tertiary/aromatic N) is 2. The van der Waals surface area contributed by atoms with Gasteiger partial charge in [-0.15, -0.1) is 0 Å². The van der Waals surface area contributed by atoms with Crippen molar-refractivity contribution in [3.8, 4) is 17.2 Å². The van der Waals surface area contributed by atoms with E-state index in [1.165, 1.54) is 7.11 Å². The van der Waals surface area contributed by atoms with Crippen LogP contribution in [0, 0.1) is 6.92 Å². The zero-order valence-electron chi connectivity index (χ0n) is 20.0. The van der Waals surface area contributed by atoms with E-state index in [-0.39, 0.29) is 18.6 Å². The fourth-order valence-electron chi connectivity index (χ4n) is 4.23. The smallest absolute Gasteiger partial charge is 0.325 e. The van der Waals surface area contributed by atoms with Gasteiger partial charge in [0.05, 0.1) is 45.7 Å². The largest absolute Gasteiger partial charge is 0.496 e. The Labute approximate surface area is 199 Å². The van der Waals surface area contributed by atoms with Gasteiger partial charge in [0.2, 0.25) is 0 Å². The van der Waals surface area contributed by atoms with Gasteiger partial charge < -0.3 is 23.8 Å². The molecule has 0 bridgehead atoms. The Morgan fingerprint density at radius 1 is 0.882 bits per heavy atom. The lowest BCUT2D eigenvalue weighted by atomic mass is 9.92. The highest BCUT2D eigenvalue weighted by Gasteiger charge is 2.35. The van der Waals surface area contributed by atoms with Crippen LogP contribution in [0.3, 0.4) is 0 Å². The van der Waals surface area contributed by atoms with Crippen LogP contribution in [0.2, 0.25) is 0 Å². The highest BCUT2D eigenvalue weighted by Crippen LogP contribution is 2.43. The van der Waals surface area contributed by atoms with E-state index in [0.29, 0.717) is 28.6 Å². The maximum atomic E-state index is 12.6. The second-order valence-corrected chi connectivity index (χ2v) is 7.92. The van der Waals surface area contributed by atoms with Crippen LogP contribution in [-0.4, -0.2) is 51.7 Å². The van der Waals surface area contributed by atoms with E-state index in [2.05, 4.69) is 12.1 Å². The summed E-state index contributed by atoms with van der Waals surface area (Å²) in [5, 5.41) is 0. The molecule has 7 nitrogen and oxygen atoms in total. The standard InChI is InChI=1S/C27H28N2O5/c1-17-11-12-19-21(13-17)28-27(20-14-23(32-3)24(33-4)15-22(20)31-2)29(16-25(30)34-5)26(19)18-9-7-6-8-10-18/h6-15,26H,16H2,1-5H3/t26-/m1/s1. The Kier molecular flexibility index (Phi) is 6.72. The Balaban J connectivity index is 2.00. The first-order valence-electron chi connectivity index (χ1n) is 10.9.